The highest BCUT2D eigenvalue weighted by Crippen LogP contribution is 2.48. The maximum atomic E-state index is 12.9. The summed E-state index contributed by atoms with van der Waals surface area (Å²) in [6.07, 6.45) is 46.3. The van der Waals surface area contributed by atoms with Crippen molar-refractivity contribution in [2.75, 3.05) is 186 Å². The zero-order valence-corrected chi connectivity index (χ0v) is 68.5. The van der Waals surface area contributed by atoms with E-state index in [4.69, 9.17) is 4.74 Å². The van der Waals surface area contributed by atoms with Gasteiger partial charge in [-0.3, -0.25) is 0 Å². The van der Waals surface area contributed by atoms with Gasteiger partial charge in [0.05, 0.1) is 19.7 Å². The first-order valence-electron chi connectivity index (χ1n) is 21.4. The molecule has 456 valence electrons. The van der Waals surface area contributed by atoms with E-state index in [1.807, 2.05) is 216 Å². The molecule has 0 aromatic rings. The third-order valence-corrected chi connectivity index (χ3v) is 35.8. The maximum absolute atomic E-state index is 12.9. The molecule has 0 spiro atoms. The van der Waals surface area contributed by atoms with Crippen LogP contribution < -0.4 is 0 Å². The van der Waals surface area contributed by atoms with Crippen LogP contribution in [0.1, 0.15) is 6.92 Å². The van der Waals surface area contributed by atoms with Crippen molar-refractivity contribution in [2.45, 2.75) is 50.2 Å². The molecule has 0 amide bonds. The van der Waals surface area contributed by atoms with E-state index in [2.05, 4.69) is 138 Å². The maximum Gasteiger partial charge on any atom is 0.312 e. The van der Waals surface area contributed by atoms with E-state index in [9.17, 15) is 17.6 Å². The molecule has 0 saturated carbocycles. The fourth-order valence-electron chi connectivity index (χ4n) is 4.09. The van der Waals surface area contributed by atoms with Gasteiger partial charge in [0.15, 0.2) is 5.25 Å². The van der Waals surface area contributed by atoms with Crippen molar-refractivity contribution in [1.82, 2.24) is 0 Å². The smallest absolute Gasteiger partial charge is 0.312 e. The highest BCUT2D eigenvalue weighted by Gasteiger charge is 2.54. The van der Waals surface area contributed by atoms with Crippen molar-refractivity contribution in [3.63, 3.8) is 0 Å². The molecule has 0 aliphatic rings. The first-order chi connectivity index (χ1) is 35.1. The fourth-order valence-corrected chi connectivity index (χ4v) is 26.3. The molecule has 29 heteroatoms. The molecule has 0 radical (unpaired) electrons. The molecule has 0 heterocycles. The Morgan fingerprint density at radius 2 is 0.878 bits per heavy atom. The molecule has 0 bridgehead atoms. The normalized spacial score (nSPS) is 11.8. The number of rotatable bonds is 35. The van der Waals surface area contributed by atoms with Crippen molar-refractivity contribution in [3.05, 3.63) is 21.8 Å². The largest absolute Gasteiger partial charge is 0.379 e. The topological polar surface area (TPSA) is 9.23 Å². The average molecular weight is 1500 g/mol. The van der Waals surface area contributed by atoms with Crippen LogP contribution in [0.4, 0.5) is 17.6 Å². The van der Waals surface area contributed by atoms with Crippen LogP contribution in [0.3, 0.4) is 0 Å². The van der Waals surface area contributed by atoms with Crippen molar-refractivity contribution >= 4 is 280 Å². The Balaban J connectivity index is -0.000000113. The molecular weight excluding hydrogens is 1400 g/mol. The lowest BCUT2D eigenvalue weighted by molar-refractivity contribution is 0.00737. The van der Waals surface area contributed by atoms with Crippen molar-refractivity contribution in [1.29, 1.82) is 0 Å². The lowest BCUT2D eigenvalue weighted by atomic mass is 10.3. The monoisotopic (exact) mass is 1500 g/mol. The molecule has 0 fully saturated rings. The van der Waals surface area contributed by atoms with Gasteiger partial charge in [-0.1, -0.05) is 58.6 Å². The number of thioether (sulfide) groups is 22. The molecule has 0 aliphatic heterocycles. The van der Waals surface area contributed by atoms with E-state index in [-0.39, 0.29) is 23.5 Å². The van der Waals surface area contributed by atoms with E-state index < -0.39 is 15.8 Å². The molecule has 0 N–H and O–H groups in total. The standard InChI is InChI=1S/C7H16S3.C6H10F4S3.C6H12OS2.2C6H14S3.C6H12S3.C4H10S4.C4H10S3/c1-8-4-7(5-9-2)6-10-3;1-11-4(5(7,8)12-2)6(9,10)13-3;2*1-7-4-6(9-3)5-8-2;2*1-5(7-2)6(8-3)9-4;1-5-4(6-2)8-7-3;1-5-4(6-2)7-3/h7H,4-6H2,1-3H3;4H,1-3H3;5H,4H2,1-3H3;6H,4-5H2,1-3H3;5-6H,1-4H3;6H,1H2,2-4H3;4H,1-3H3;4H,1-3H3/b;;6-5+;;;;;. The first-order valence-corrected chi connectivity index (χ1v) is 52.6. The SMILES string of the molecule is C=C(SC)C(SC)SC.COC/C(=C\SC)SC.CSC(C(F)(F)SC)C(F)(F)SC.CSC(C)C(SC)SC.CSC(SC)SC.CSCC(CSC)CSC.CSCC(CSC)SC.CSSC(SC)SC. The van der Waals surface area contributed by atoms with Gasteiger partial charge < -0.3 is 4.74 Å². The van der Waals surface area contributed by atoms with Gasteiger partial charge in [-0.25, -0.2) is 0 Å². The number of ether oxygens (including phenoxy) is 1. The lowest BCUT2D eigenvalue weighted by Crippen LogP contribution is -2.40. The molecule has 0 aromatic heterocycles. The average Bonchev–Trinajstić information content (AvgIpc) is 3.40. The summed E-state index contributed by atoms with van der Waals surface area (Å²) >= 11 is 36.7. The Morgan fingerprint density at radius 1 is 0.486 bits per heavy atom. The Labute approximate surface area is 559 Å². The highest BCUT2D eigenvalue weighted by atomic mass is 33.1. The highest BCUT2D eigenvalue weighted by molar-refractivity contribution is 8.80. The van der Waals surface area contributed by atoms with Crippen LogP contribution in [0, 0.1) is 5.92 Å². The number of halogens is 4. The summed E-state index contributed by atoms with van der Waals surface area (Å²) in [5.74, 6) is 7.47. The number of hydrogen-bond acceptors (Lipinski definition) is 25. The van der Waals surface area contributed by atoms with Crippen LogP contribution in [0.5, 0.6) is 0 Å². The third kappa shape index (κ3) is 67.1. The van der Waals surface area contributed by atoms with Gasteiger partial charge in [0.2, 0.25) is 0 Å². The minimum absolute atomic E-state index is 0.155. The van der Waals surface area contributed by atoms with Gasteiger partial charge >= 0.3 is 10.5 Å². The summed E-state index contributed by atoms with van der Waals surface area (Å²) in [4.78, 5) is 2.54. The number of methoxy groups -OCH3 is 1. The van der Waals surface area contributed by atoms with E-state index in [0.717, 1.165) is 44.0 Å². The van der Waals surface area contributed by atoms with Crippen LogP contribution in [0.2, 0.25) is 0 Å². The van der Waals surface area contributed by atoms with E-state index in [0.29, 0.717) is 20.3 Å². The van der Waals surface area contributed by atoms with E-state index in [1.54, 1.807) is 42.4 Å². The van der Waals surface area contributed by atoms with E-state index >= 15 is 0 Å². The van der Waals surface area contributed by atoms with Crippen LogP contribution in [-0.2, 0) is 4.74 Å². The lowest BCUT2D eigenvalue weighted by Gasteiger charge is -2.29. The van der Waals surface area contributed by atoms with Crippen LogP contribution >= 0.6 is 280 Å². The molecule has 0 aromatic carbocycles. The molecular formula is C45H98F4OS24. The number of alkyl halides is 4. The Hall–Kier alpha value is 7.56. The predicted octanol–water partition coefficient (Wildman–Crippen LogP) is 22.0. The molecule has 1 atom stereocenters. The minimum atomic E-state index is -3.40. The molecule has 0 saturated heterocycles. The van der Waals surface area contributed by atoms with Crippen molar-refractivity contribution in [2.24, 2.45) is 5.92 Å². The van der Waals surface area contributed by atoms with Gasteiger partial charge in [-0.2, -0.15) is 99.9 Å². The quantitative estimate of drug-likeness (QED) is 0.0338. The number of hydrogen-bond donors (Lipinski definition) is 0. The summed E-state index contributed by atoms with van der Waals surface area (Å²) in [5.41, 5.74) is 0. The van der Waals surface area contributed by atoms with Gasteiger partial charge in [0, 0.05) is 38.9 Å². The second-order valence-electron chi connectivity index (χ2n) is 12.9. The second-order valence-corrected chi connectivity index (χ2v) is 38.7. The fraction of sp³-hybridized carbons (Fsp3) is 0.911. The molecule has 1 unspecified atom stereocenters. The Bertz CT molecular complexity index is 1040. The molecule has 74 heavy (non-hydrogen) atoms. The Morgan fingerprint density at radius 3 is 1.04 bits per heavy atom. The van der Waals surface area contributed by atoms with Gasteiger partial charge in [0.25, 0.3) is 0 Å². The third-order valence-electron chi connectivity index (χ3n) is 7.74. The molecule has 0 aliphatic carbocycles. The zero-order valence-electron chi connectivity index (χ0n) is 48.9. The van der Waals surface area contributed by atoms with Gasteiger partial charge in [-0.15, -0.1) is 153 Å². The summed E-state index contributed by atoms with van der Waals surface area (Å²) in [5, 5.41) is -5.04. The predicted molar refractivity (Wildman–Crippen MR) is 417 cm³/mol. The Kier molecular flexibility index (Phi) is 101. The first kappa shape index (κ1) is 97.8. The van der Waals surface area contributed by atoms with Crippen LogP contribution in [0.15, 0.2) is 21.8 Å². The van der Waals surface area contributed by atoms with Crippen molar-refractivity contribution < 1.29 is 22.3 Å². The second kappa shape index (κ2) is 76.7. The van der Waals surface area contributed by atoms with Gasteiger partial charge in [-0.05, 0) is 172 Å². The summed E-state index contributed by atoms with van der Waals surface area (Å²) in [6, 6.07) is 0. The molecule has 0 rings (SSSR count). The summed E-state index contributed by atoms with van der Waals surface area (Å²) in [7, 11) is 5.47. The molecule has 1 nitrogen and oxygen atoms in total. The summed E-state index contributed by atoms with van der Waals surface area (Å²) < 4.78 is 59.5. The van der Waals surface area contributed by atoms with Gasteiger partial charge in [0.1, 0.15) is 3.91 Å². The van der Waals surface area contributed by atoms with Crippen molar-refractivity contribution in [3.8, 4) is 0 Å². The minimum Gasteiger partial charge on any atom is -0.379 e. The van der Waals surface area contributed by atoms with Crippen LogP contribution in [-0.4, -0.2) is 230 Å². The van der Waals surface area contributed by atoms with E-state index in [1.165, 1.54) is 44.8 Å². The summed E-state index contributed by atoms with van der Waals surface area (Å²) in [6.45, 7) is 6.95. The van der Waals surface area contributed by atoms with Crippen LogP contribution in [0.25, 0.3) is 0 Å². The zero-order chi connectivity index (χ0) is 59.4.